The first kappa shape index (κ1) is 15.9. The summed E-state index contributed by atoms with van der Waals surface area (Å²) in [7, 11) is 0. The molecule has 7 heteroatoms. The van der Waals surface area contributed by atoms with Gasteiger partial charge in [-0.15, -0.1) is 16.7 Å². The largest absolute Gasteiger partial charge is 0.461 e. The number of nitrogens with zero attached hydrogens (tertiary/aromatic N) is 3. The molecule has 0 N–H and O–H groups in total. The normalized spacial score (nSPS) is 11.0. The first-order valence-electron chi connectivity index (χ1n) is 6.33. The number of hydrogen-bond donors (Lipinski definition) is 0. The van der Waals surface area contributed by atoms with Crippen LogP contribution in [0.2, 0.25) is 0 Å². The van der Waals surface area contributed by atoms with Gasteiger partial charge in [0.15, 0.2) is 5.69 Å². The molecule has 1 aromatic rings. The second-order valence-corrected chi connectivity index (χ2v) is 4.70. The highest BCUT2D eigenvalue weighted by Gasteiger charge is 2.19. The van der Waals surface area contributed by atoms with Gasteiger partial charge in [0.25, 0.3) is 0 Å². The summed E-state index contributed by atoms with van der Waals surface area (Å²) in [4.78, 5) is 11.6. The number of rotatable bonds is 8. The minimum absolute atomic E-state index is 0.158. The molecule has 6 nitrogen and oxygen atoms in total. The van der Waals surface area contributed by atoms with Crippen molar-refractivity contribution in [3.05, 3.63) is 11.4 Å². The molecule has 1 rings (SSSR count). The van der Waals surface area contributed by atoms with Crippen molar-refractivity contribution in [1.82, 2.24) is 15.0 Å². The molecule has 0 radical (unpaired) electrons. The second-order valence-electron chi connectivity index (χ2n) is 4.43. The van der Waals surface area contributed by atoms with E-state index < -0.39 is 5.97 Å². The van der Waals surface area contributed by atoms with Crippen LogP contribution >= 0.6 is 11.6 Å². The topological polar surface area (TPSA) is 66.2 Å². The van der Waals surface area contributed by atoms with Gasteiger partial charge in [0, 0.05) is 6.61 Å². The molecule has 1 aromatic heterocycles. The summed E-state index contributed by atoms with van der Waals surface area (Å²) in [5.41, 5.74) is 0.744. The van der Waals surface area contributed by atoms with E-state index in [2.05, 4.69) is 24.2 Å². The summed E-state index contributed by atoms with van der Waals surface area (Å²) >= 11 is 5.84. The van der Waals surface area contributed by atoms with Crippen molar-refractivity contribution in [3.8, 4) is 0 Å². The lowest BCUT2D eigenvalue weighted by Gasteiger charge is -2.08. The number of carbonyl (C=O) groups is 1. The number of ether oxygens (including phenoxy) is 2. The standard InChI is InChI=1S/C12H20ClN3O3/c1-4-19-12(17)11-10(7-13)16(15-14-11)5-6-18-8-9(2)3/h9H,4-8H2,1-3H3. The van der Waals surface area contributed by atoms with Crippen LogP contribution < -0.4 is 0 Å². The van der Waals surface area contributed by atoms with Crippen molar-refractivity contribution in [2.45, 2.75) is 33.2 Å². The molecule has 0 saturated heterocycles. The number of alkyl halides is 1. The zero-order valence-corrected chi connectivity index (χ0v) is 12.3. The lowest BCUT2D eigenvalue weighted by molar-refractivity contribution is 0.0518. The summed E-state index contributed by atoms with van der Waals surface area (Å²) in [6, 6.07) is 0. The molecule has 0 saturated carbocycles. The van der Waals surface area contributed by atoms with Crippen LogP contribution in [0.5, 0.6) is 0 Å². The molecule has 1 heterocycles. The Morgan fingerprint density at radius 2 is 2.21 bits per heavy atom. The minimum atomic E-state index is -0.493. The maximum absolute atomic E-state index is 11.6. The number of esters is 1. The molecule has 0 aliphatic rings. The van der Waals surface area contributed by atoms with Gasteiger partial charge in [0.05, 0.1) is 31.3 Å². The van der Waals surface area contributed by atoms with Crippen LogP contribution in [0.25, 0.3) is 0 Å². The predicted molar refractivity (Wildman–Crippen MR) is 71.2 cm³/mol. The zero-order chi connectivity index (χ0) is 14.3. The van der Waals surface area contributed by atoms with E-state index in [0.717, 1.165) is 0 Å². The third kappa shape index (κ3) is 4.80. The average Bonchev–Trinajstić information content (AvgIpc) is 2.77. The molecule has 108 valence electrons. The van der Waals surface area contributed by atoms with Crippen LogP contribution in [0, 0.1) is 5.92 Å². The Kier molecular flexibility index (Phi) is 6.80. The highest BCUT2D eigenvalue weighted by molar-refractivity contribution is 6.17. The van der Waals surface area contributed by atoms with E-state index in [-0.39, 0.29) is 11.6 Å². The lowest BCUT2D eigenvalue weighted by atomic mass is 10.2. The Bertz CT molecular complexity index is 407. The molecule has 0 amide bonds. The Balaban J connectivity index is 2.61. The fourth-order valence-electron chi connectivity index (χ4n) is 1.47. The molecule has 0 aliphatic heterocycles. The second kappa shape index (κ2) is 8.12. The fourth-order valence-corrected chi connectivity index (χ4v) is 1.74. The number of carbonyl (C=O) groups excluding carboxylic acids is 1. The maximum atomic E-state index is 11.6. The van der Waals surface area contributed by atoms with Crippen molar-refractivity contribution >= 4 is 17.6 Å². The van der Waals surface area contributed by atoms with Crippen molar-refractivity contribution in [2.75, 3.05) is 19.8 Å². The van der Waals surface area contributed by atoms with Gasteiger partial charge in [-0.05, 0) is 12.8 Å². The molecular formula is C12H20ClN3O3. The highest BCUT2D eigenvalue weighted by Crippen LogP contribution is 2.10. The maximum Gasteiger partial charge on any atom is 0.360 e. The number of hydrogen-bond acceptors (Lipinski definition) is 5. The molecular weight excluding hydrogens is 270 g/mol. The monoisotopic (exact) mass is 289 g/mol. The summed E-state index contributed by atoms with van der Waals surface area (Å²) in [6.45, 7) is 7.91. The van der Waals surface area contributed by atoms with Crippen molar-refractivity contribution < 1.29 is 14.3 Å². The van der Waals surface area contributed by atoms with Crippen LogP contribution in [0.15, 0.2) is 0 Å². The first-order chi connectivity index (χ1) is 9.10. The van der Waals surface area contributed by atoms with Crippen LogP contribution in [-0.2, 0) is 21.9 Å². The Morgan fingerprint density at radius 3 is 2.79 bits per heavy atom. The molecule has 0 spiro atoms. The van der Waals surface area contributed by atoms with Crippen LogP contribution in [0.4, 0.5) is 0 Å². The van der Waals surface area contributed by atoms with Crippen LogP contribution in [0.1, 0.15) is 37.0 Å². The van der Waals surface area contributed by atoms with E-state index in [1.807, 2.05) is 0 Å². The van der Waals surface area contributed by atoms with Gasteiger partial charge in [-0.2, -0.15) is 0 Å². The average molecular weight is 290 g/mol. The van der Waals surface area contributed by atoms with Gasteiger partial charge in [-0.25, -0.2) is 9.48 Å². The first-order valence-corrected chi connectivity index (χ1v) is 6.86. The Morgan fingerprint density at radius 1 is 1.47 bits per heavy atom. The smallest absolute Gasteiger partial charge is 0.360 e. The third-order valence-corrected chi connectivity index (χ3v) is 2.58. The lowest BCUT2D eigenvalue weighted by Crippen LogP contribution is -2.14. The van der Waals surface area contributed by atoms with Gasteiger partial charge < -0.3 is 9.47 Å². The minimum Gasteiger partial charge on any atom is -0.461 e. The summed E-state index contributed by atoms with van der Waals surface area (Å²) in [5, 5.41) is 7.73. The molecule has 19 heavy (non-hydrogen) atoms. The summed E-state index contributed by atoms with van der Waals surface area (Å²) in [6.07, 6.45) is 0. The Hall–Kier alpha value is -1.14. The van der Waals surface area contributed by atoms with E-state index in [0.29, 0.717) is 38.0 Å². The van der Waals surface area contributed by atoms with Crippen molar-refractivity contribution in [1.29, 1.82) is 0 Å². The van der Waals surface area contributed by atoms with Crippen LogP contribution in [-0.4, -0.2) is 40.8 Å². The third-order valence-electron chi connectivity index (χ3n) is 2.33. The van der Waals surface area contributed by atoms with Crippen molar-refractivity contribution in [3.63, 3.8) is 0 Å². The predicted octanol–water partition coefficient (Wildman–Crippen LogP) is 1.87. The molecule has 0 atom stereocenters. The number of halogens is 1. The van der Waals surface area contributed by atoms with Gasteiger partial charge in [-0.3, -0.25) is 0 Å². The van der Waals surface area contributed by atoms with E-state index in [1.165, 1.54) is 0 Å². The van der Waals surface area contributed by atoms with E-state index in [9.17, 15) is 4.79 Å². The molecule has 0 unspecified atom stereocenters. The molecule has 0 aromatic carbocycles. The van der Waals surface area contributed by atoms with Gasteiger partial charge >= 0.3 is 5.97 Å². The SMILES string of the molecule is CCOC(=O)c1nnn(CCOCC(C)C)c1CCl. The fraction of sp³-hybridized carbons (Fsp3) is 0.750. The van der Waals surface area contributed by atoms with Gasteiger partial charge in [0.2, 0.25) is 0 Å². The summed E-state index contributed by atoms with van der Waals surface area (Å²) in [5.74, 6) is 0.150. The molecule has 0 aliphatic carbocycles. The molecule has 0 bridgehead atoms. The molecule has 0 fully saturated rings. The van der Waals surface area contributed by atoms with E-state index in [1.54, 1.807) is 11.6 Å². The number of aromatic nitrogens is 3. The zero-order valence-electron chi connectivity index (χ0n) is 11.6. The van der Waals surface area contributed by atoms with E-state index in [4.69, 9.17) is 21.1 Å². The highest BCUT2D eigenvalue weighted by atomic mass is 35.5. The van der Waals surface area contributed by atoms with Crippen molar-refractivity contribution in [2.24, 2.45) is 5.92 Å². The van der Waals surface area contributed by atoms with Crippen LogP contribution in [0.3, 0.4) is 0 Å². The van der Waals surface area contributed by atoms with Gasteiger partial charge in [-0.1, -0.05) is 19.1 Å². The quantitative estimate of drug-likeness (QED) is 0.415. The van der Waals surface area contributed by atoms with E-state index >= 15 is 0 Å². The van der Waals surface area contributed by atoms with Gasteiger partial charge in [0.1, 0.15) is 0 Å². The summed E-state index contributed by atoms with van der Waals surface area (Å²) < 4.78 is 11.9. The Labute approximate surface area is 118 Å².